The summed E-state index contributed by atoms with van der Waals surface area (Å²) in [5.74, 6) is 0.508. The zero-order chi connectivity index (χ0) is 17.0. The highest BCUT2D eigenvalue weighted by Crippen LogP contribution is 2.23. The largest absolute Gasteiger partial charge is 0.349 e. The third kappa shape index (κ3) is 5.04. The van der Waals surface area contributed by atoms with E-state index < -0.39 is 10.0 Å². The molecule has 1 aromatic rings. The molecule has 1 aromatic carbocycles. The second kappa shape index (κ2) is 7.45. The molecule has 23 heavy (non-hydrogen) atoms. The van der Waals surface area contributed by atoms with Crippen LogP contribution in [0.4, 0.5) is 0 Å². The van der Waals surface area contributed by atoms with Crippen LogP contribution in [0.1, 0.15) is 56.8 Å². The smallest absolute Gasteiger partial charge is 0.251 e. The van der Waals surface area contributed by atoms with Crippen molar-refractivity contribution in [2.75, 3.05) is 0 Å². The fourth-order valence-electron chi connectivity index (χ4n) is 3.00. The standard InChI is InChI=1S/C17H26N2O3S/c1-12(2)19-23(21,22)16-9-7-14(8-10-16)17(20)18-15-6-4-5-13(3)11-15/h7-10,12-13,15,19H,4-6,11H2,1-3H3,(H,18,20). The summed E-state index contributed by atoms with van der Waals surface area (Å²) in [4.78, 5) is 12.5. The van der Waals surface area contributed by atoms with Gasteiger partial charge in [0.05, 0.1) is 4.90 Å². The molecule has 1 aliphatic carbocycles. The lowest BCUT2D eigenvalue weighted by Gasteiger charge is -2.27. The number of carbonyl (C=O) groups excluding carboxylic acids is 1. The van der Waals surface area contributed by atoms with Gasteiger partial charge in [-0.25, -0.2) is 13.1 Å². The number of hydrogen-bond donors (Lipinski definition) is 2. The zero-order valence-corrected chi connectivity index (χ0v) is 14.8. The van der Waals surface area contributed by atoms with Crippen molar-refractivity contribution in [3.8, 4) is 0 Å². The van der Waals surface area contributed by atoms with E-state index in [-0.39, 0.29) is 22.9 Å². The lowest BCUT2D eigenvalue weighted by atomic mass is 9.87. The van der Waals surface area contributed by atoms with E-state index in [1.165, 1.54) is 18.6 Å². The van der Waals surface area contributed by atoms with Crippen LogP contribution in [0.15, 0.2) is 29.2 Å². The summed E-state index contributed by atoms with van der Waals surface area (Å²) in [5.41, 5.74) is 0.492. The van der Waals surface area contributed by atoms with Gasteiger partial charge in [-0.05, 0) is 56.9 Å². The Morgan fingerprint density at radius 1 is 1.17 bits per heavy atom. The summed E-state index contributed by atoms with van der Waals surface area (Å²) < 4.78 is 26.7. The Balaban J connectivity index is 2.03. The molecule has 2 unspecified atom stereocenters. The summed E-state index contributed by atoms with van der Waals surface area (Å²) in [7, 11) is -3.52. The number of hydrogen-bond acceptors (Lipinski definition) is 3. The van der Waals surface area contributed by atoms with Gasteiger partial charge in [0.1, 0.15) is 0 Å². The van der Waals surface area contributed by atoms with Crippen molar-refractivity contribution in [3.63, 3.8) is 0 Å². The number of carbonyl (C=O) groups is 1. The van der Waals surface area contributed by atoms with Crippen molar-refractivity contribution in [3.05, 3.63) is 29.8 Å². The lowest BCUT2D eigenvalue weighted by molar-refractivity contribution is 0.0921. The van der Waals surface area contributed by atoms with E-state index in [9.17, 15) is 13.2 Å². The first-order valence-electron chi connectivity index (χ1n) is 8.21. The van der Waals surface area contributed by atoms with Gasteiger partial charge >= 0.3 is 0 Å². The van der Waals surface area contributed by atoms with Crippen LogP contribution in [0.2, 0.25) is 0 Å². The van der Waals surface area contributed by atoms with E-state index in [0.717, 1.165) is 19.3 Å². The monoisotopic (exact) mass is 338 g/mol. The minimum Gasteiger partial charge on any atom is -0.349 e. The quantitative estimate of drug-likeness (QED) is 0.867. The molecule has 0 spiro atoms. The summed E-state index contributed by atoms with van der Waals surface area (Å²) in [5, 5.41) is 3.05. The second-order valence-corrected chi connectivity index (χ2v) is 8.46. The molecule has 5 nitrogen and oxygen atoms in total. The number of rotatable bonds is 5. The fourth-order valence-corrected chi connectivity index (χ4v) is 4.25. The van der Waals surface area contributed by atoms with Crippen LogP contribution >= 0.6 is 0 Å². The number of sulfonamides is 1. The highest BCUT2D eigenvalue weighted by molar-refractivity contribution is 7.89. The molecule has 1 fully saturated rings. The van der Waals surface area contributed by atoms with Crippen molar-refractivity contribution in [2.24, 2.45) is 5.92 Å². The van der Waals surface area contributed by atoms with Crippen molar-refractivity contribution in [2.45, 2.75) is 63.4 Å². The van der Waals surface area contributed by atoms with E-state index in [0.29, 0.717) is 11.5 Å². The molecular formula is C17H26N2O3S. The Morgan fingerprint density at radius 3 is 2.39 bits per heavy atom. The third-order valence-electron chi connectivity index (χ3n) is 4.09. The minimum absolute atomic E-state index is 0.134. The molecule has 0 heterocycles. The number of nitrogens with one attached hydrogen (secondary N) is 2. The van der Waals surface area contributed by atoms with Crippen molar-refractivity contribution in [1.82, 2.24) is 10.0 Å². The van der Waals surface area contributed by atoms with Gasteiger partial charge in [-0.2, -0.15) is 0 Å². The van der Waals surface area contributed by atoms with Crippen LogP contribution in [0.25, 0.3) is 0 Å². The average Bonchev–Trinajstić information content (AvgIpc) is 2.46. The van der Waals surface area contributed by atoms with E-state index >= 15 is 0 Å². The Hall–Kier alpha value is -1.40. The maximum atomic E-state index is 12.3. The Labute approximate surface area is 138 Å². The summed E-state index contributed by atoms with van der Waals surface area (Å²) in [6.07, 6.45) is 4.39. The highest BCUT2D eigenvalue weighted by atomic mass is 32.2. The van der Waals surface area contributed by atoms with Gasteiger partial charge in [0.15, 0.2) is 0 Å². The summed E-state index contributed by atoms with van der Waals surface area (Å²) >= 11 is 0. The predicted octanol–water partition coefficient (Wildman–Crippen LogP) is 2.68. The topological polar surface area (TPSA) is 75.3 Å². The minimum atomic E-state index is -3.52. The molecule has 0 aromatic heterocycles. The fraction of sp³-hybridized carbons (Fsp3) is 0.588. The first kappa shape index (κ1) is 17.9. The van der Waals surface area contributed by atoms with Gasteiger partial charge in [0.2, 0.25) is 10.0 Å². The first-order chi connectivity index (χ1) is 10.8. The molecule has 6 heteroatoms. The van der Waals surface area contributed by atoms with Gasteiger partial charge in [-0.15, -0.1) is 0 Å². The van der Waals surface area contributed by atoms with E-state index in [1.54, 1.807) is 26.0 Å². The van der Waals surface area contributed by atoms with Crippen LogP contribution in [0.5, 0.6) is 0 Å². The van der Waals surface area contributed by atoms with Crippen LogP contribution < -0.4 is 10.0 Å². The van der Waals surface area contributed by atoms with Crippen LogP contribution in [0.3, 0.4) is 0 Å². The SMILES string of the molecule is CC1CCCC(NC(=O)c2ccc(S(=O)(=O)NC(C)C)cc2)C1. The van der Waals surface area contributed by atoms with Crippen molar-refractivity contribution in [1.29, 1.82) is 0 Å². The van der Waals surface area contributed by atoms with Gasteiger partial charge < -0.3 is 5.32 Å². The number of amides is 1. The molecule has 0 bridgehead atoms. The molecular weight excluding hydrogens is 312 g/mol. The van der Waals surface area contributed by atoms with Gasteiger partial charge in [0.25, 0.3) is 5.91 Å². The molecule has 2 rings (SSSR count). The molecule has 1 amide bonds. The summed E-state index contributed by atoms with van der Waals surface area (Å²) in [6, 6.07) is 6.13. The number of benzene rings is 1. The normalized spacial score (nSPS) is 22.1. The molecule has 1 aliphatic rings. The molecule has 1 saturated carbocycles. The molecule has 0 radical (unpaired) electrons. The van der Waals surface area contributed by atoms with E-state index in [2.05, 4.69) is 17.0 Å². The molecule has 128 valence electrons. The Morgan fingerprint density at radius 2 is 1.83 bits per heavy atom. The Bertz CT molecular complexity index is 638. The maximum Gasteiger partial charge on any atom is 0.251 e. The van der Waals surface area contributed by atoms with E-state index in [1.807, 2.05) is 0 Å². The van der Waals surface area contributed by atoms with Crippen molar-refractivity contribution < 1.29 is 13.2 Å². The van der Waals surface area contributed by atoms with Crippen LogP contribution in [-0.4, -0.2) is 26.4 Å². The van der Waals surface area contributed by atoms with Gasteiger partial charge in [0, 0.05) is 17.6 Å². The van der Waals surface area contributed by atoms with Crippen molar-refractivity contribution >= 4 is 15.9 Å². The van der Waals surface area contributed by atoms with Crippen LogP contribution in [-0.2, 0) is 10.0 Å². The predicted molar refractivity (Wildman–Crippen MR) is 90.8 cm³/mol. The summed E-state index contributed by atoms with van der Waals surface area (Å²) in [6.45, 7) is 5.74. The zero-order valence-electron chi connectivity index (χ0n) is 14.0. The lowest BCUT2D eigenvalue weighted by Crippen LogP contribution is -2.38. The first-order valence-corrected chi connectivity index (χ1v) is 9.69. The van der Waals surface area contributed by atoms with E-state index in [4.69, 9.17) is 0 Å². The third-order valence-corrected chi connectivity index (χ3v) is 5.76. The maximum absolute atomic E-state index is 12.3. The molecule has 0 saturated heterocycles. The molecule has 2 atom stereocenters. The average molecular weight is 338 g/mol. The highest BCUT2D eigenvalue weighted by Gasteiger charge is 2.21. The van der Waals surface area contributed by atoms with Gasteiger partial charge in [-0.3, -0.25) is 4.79 Å². The second-order valence-electron chi connectivity index (χ2n) is 6.74. The molecule has 2 N–H and O–H groups in total. The molecule has 0 aliphatic heterocycles. The van der Waals surface area contributed by atoms with Crippen LogP contribution in [0, 0.1) is 5.92 Å². The van der Waals surface area contributed by atoms with Gasteiger partial charge in [-0.1, -0.05) is 19.8 Å². The Kier molecular flexibility index (Phi) is 5.81.